The maximum Gasteiger partial charge on any atom is 0.242 e. The number of hydrogen-bond donors (Lipinski definition) is 0. The van der Waals surface area contributed by atoms with Gasteiger partial charge in [0.15, 0.2) is 0 Å². The molecule has 0 fully saturated rings. The van der Waals surface area contributed by atoms with Crippen LogP contribution in [0.2, 0.25) is 5.02 Å². The first-order valence-corrected chi connectivity index (χ1v) is 7.69. The lowest BCUT2D eigenvalue weighted by atomic mass is 9.97. The molecule has 108 valence electrons. The highest BCUT2D eigenvalue weighted by atomic mass is 35.5. The Morgan fingerprint density at radius 3 is 2.32 bits per heavy atom. The predicted molar refractivity (Wildman–Crippen MR) is 77.3 cm³/mol. The zero-order valence-electron chi connectivity index (χ0n) is 11.9. The summed E-state index contributed by atoms with van der Waals surface area (Å²) >= 11 is 5.97. The van der Waals surface area contributed by atoms with E-state index in [-0.39, 0.29) is 15.3 Å². The first-order valence-electron chi connectivity index (χ1n) is 5.88. The number of benzene rings is 1. The molecule has 1 aromatic rings. The average Bonchev–Trinajstić information content (AvgIpc) is 2.26. The van der Waals surface area contributed by atoms with Gasteiger partial charge in [0, 0.05) is 13.6 Å². The number of hydrogen-bond acceptors (Lipinski definition) is 3. The lowest BCUT2D eigenvalue weighted by Gasteiger charge is -2.26. The molecule has 0 amide bonds. The summed E-state index contributed by atoms with van der Waals surface area (Å²) in [6.07, 6.45) is 0. The van der Waals surface area contributed by atoms with E-state index in [2.05, 4.69) is 0 Å². The van der Waals surface area contributed by atoms with Gasteiger partial charge in [-0.05, 0) is 23.6 Å². The van der Waals surface area contributed by atoms with Crippen molar-refractivity contribution in [2.75, 3.05) is 20.7 Å². The molecule has 0 saturated carbocycles. The Bertz CT molecular complexity index is 549. The molecule has 1 rings (SSSR count). The van der Waals surface area contributed by atoms with Gasteiger partial charge in [-0.25, -0.2) is 12.7 Å². The molecular formula is C13H20ClNO3S. The quantitative estimate of drug-likeness (QED) is 0.859. The van der Waals surface area contributed by atoms with Crippen LogP contribution in [0.1, 0.15) is 20.8 Å². The maximum atomic E-state index is 12.4. The van der Waals surface area contributed by atoms with Crippen LogP contribution < -0.4 is 4.74 Å². The molecule has 0 aliphatic rings. The minimum atomic E-state index is -3.53. The average molecular weight is 306 g/mol. The van der Waals surface area contributed by atoms with E-state index in [1.165, 1.54) is 23.5 Å². The second kappa shape index (κ2) is 5.69. The second-order valence-electron chi connectivity index (χ2n) is 5.62. The predicted octanol–water partition coefficient (Wildman–Crippen LogP) is 3.02. The lowest BCUT2D eigenvalue weighted by molar-refractivity contribution is 0.311. The molecular weight excluding hydrogens is 286 g/mol. The molecule has 0 aliphatic heterocycles. The van der Waals surface area contributed by atoms with Crippen LogP contribution in [0.3, 0.4) is 0 Å². The molecule has 0 spiro atoms. The summed E-state index contributed by atoms with van der Waals surface area (Å²) in [5.41, 5.74) is -0.113. The standard InChI is InChI=1S/C13H20ClNO3S/c1-13(2,3)9-15(4)19(16,17)10-6-7-12(18-5)11(14)8-10/h6-8H,9H2,1-5H3. The third-order valence-electron chi connectivity index (χ3n) is 2.53. The third kappa shape index (κ3) is 4.09. The summed E-state index contributed by atoms with van der Waals surface area (Å²) in [5, 5.41) is 0.285. The number of sulfonamides is 1. The van der Waals surface area contributed by atoms with Crippen molar-refractivity contribution in [3.8, 4) is 5.75 Å². The Hall–Kier alpha value is -0.780. The van der Waals surface area contributed by atoms with Gasteiger partial charge in [0.1, 0.15) is 5.75 Å². The van der Waals surface area contributed by atoms with Crippen LogP contribution >= 0.6 is 11.6 Å². The van der Waals surface area contributed by atoms with Crippen LogP contribution in [-0.2, 0) is 10.0 Å². The molecule has 19 heavy (non-hydrogen) atoms. The van der Waals surface area contributed by atoms with E-state index in [1.54, 1.807) is 13.1 Å². The fourth-order valence-electron chi connectivity index (χ4n) is 1.74. The van der Waals surface area contributed by atoms with Crippen molar-refractivity contribution in [3.63, 3.8) is 0 Å². The minimum absolute atomic E-state index is 0.113. The zero-order chi connectivity index (χ0) is 14.8. The van der Waals surface area contributed by atoms with E-state index in [4.69, 9.17) is 16.3 Å². The second-order valence-corrected chi connectivity index (χ2v) is 8.07. The fourth-order valence-corrected chi connectivity index (χ4v) is 3.49. The first kappa shape index (κ1) is 16.3. The molecule has 1 aromatic carbocycles. The molecule has 0 aromatic heterocycles. The SMILES string of the molecule is COc1ccc(S(=O)(=O)N(C)CC(C)(C)C)cc1Cl. The Morgan fingerprint density at radius 2 is 1.89 bits per heavy atom. The highest BCUT2D eigenvalue weighted by Crippen LogP contribution is 2.29. The van der Waals surface area contributed by atoms with Crippen molar-refractivity contribution in [2.45, 2.75) is 25.7 Å². The highest BCUT2D eigenvalue weighted by Gasteiger charge is 2.25. The van der Waals surface area contributed by atoms with Crippen molar-refractivity contribution in [3.05, 3.63) is 23.2 Å². The van der Waals surface area contributed by atoms with Crippen molar-refractivity contribution >= 4 is 21.6 Å². The molecule has 6 heteroatoms. The zero-order valence-corrected chi connectivity index (χ0v) is 13.5. The monoisotopic (exact) mass is 305 g/mol. The van der Waals surface area contributed by atoms with E-state index >= 15 is 0 Å². The largest absolute Gasteiger partial charge is 0.495 e. The molecule has 0 N–H and O–H groups in total. The molecule has 0 heterocycles. The fraction of sp³-hybridized carbons (Fsp3) is 0.538. The van der Waals surface area contributed by atoms with E-state index in [0.29, 0.717) is 12.3 Å². The molecule has 0 aliphatic carbocycles. The van der Waals surface area contributed by atoms with Crippen molar-refractivity contribution < 1.29 is 13.2 Å². The molecule has 0 bridgehead atoms. The summed E-state index contributed by atoms with van der Waals surface area (Å²) in [6.45, 7) is 6.39. The van der Waals surface area contributed by atoms with E-state index in [0.717, 1.165) is 0 Å². The smallest absolute Gasteiger partial charge is 0.242 e. The Morgan fingerprint density at radius 1 is 1.32 bits per heavy atom. The van der Waals surface area contributed by atoms with Gasteiger partial charge in [0.05, 0.1) is 17.0 Å². The van der Waals surface area contributed by atoms with E-state index in [1.807, 2.05) is 20.8 Å². The van der Waals surface area contributed by atoms with E-state index in [9.17, 15) is 8.42 Å². The van der Waals surface area contributed by atoms with Gasteiger partial charge in [0.2, 0.25) is 10.0 Å². The van der Waals surface area contributed by atoms with Crippen LogP contribution in [0.25, 0.3) is 0 Å². The number of rotatable bonds is 4. The third-order valence-corrected chi connectivity index (χ3v) is 4.62. The van der Waals surface area contributed by atoms with Gasteiger partial charge in [-0.3, -0.25) is 0 Å². The van der Waals surface area contributed by atoms with Crippen LogP contribution in [0.5, 0.6) is 5.75 Å². The normalized spacial score (nSPS) is 12.8. The summed E-state index contributed by atoms with van der Waals surface area (Å²) in [4.78, 5) is 0.171. The van der Waals surface area contributed by atoms with Gasteiger partial charge in [-0.1, -0.05) is 32.4 Å². The van der Waals surface area contributed by atoms with Gasteiger partial charge in [-0.15, -0.1) is 0 Å². The number of halogens is 1. The first-order chi connectivity index (χ1) is 8.58. The molecule has 0 radical (unpaired) electrons. The lowest BCUT2D eigenvalue weighted by Crippen LogP contribution is -2.34. The number of methoxy groups -OCH3 is 1. The van der Waals surface area contributed by atoms with Gasteiger partial charge >= 0.3 is 0 Å². The molecule has 0 saturated heterocycles. The van der Waals surface area contributed by atoms with Crippen LogP contribution in [0.4, 0.5) is 0 Å². The molecule has 0 unspecified atom stereocenters. The highest BCUT2D eigenvalue weighted by molar-refractivity contribution is 7.89. The summed E-state index contributed by atoms with van der Waals surface area (Å²) < 4.78 is 31.1. The summed E-state index contributed by atoms with van der Waals surface area (Å²) in [5.74, 6) is 0.457. The van der Waals surface area contributed by atoms with Crippen molar-refractivity contribution in [1.82, 2.24) is 4.31 Å². The van der Waals surface area contributed by atoms with Gasteiger partial charge < -0.3 is 4.74 Å². The molecule has 4 nitrogen and oxygen atoms in total. The van der Waals surface area contributed by atoms with Crippen LogP contribution in [0.15, 0.2) is 23.1 Å². The van der Waals surface area contributed by atoms with E-state index < -0.39 is 10.0 Å². The van der Waals surface area contributed by atoms with Crippen LogP contribution in [-0.4, -0.2) is 33.4 Å². The Labute approximate surface area is 120 Å². The Kier molecular flexibility index (Phi) is 4.87. The maximum absolute atomic E-state index is 12.4. The van der Waals surface area contributed by atoms with Crippen molar-refractivity contribution in [2.24, 2.45) is 5.41 Å². The van der Waals surface area contributed by atoms with Gasteiger partial charge in [-0.2, -0.15) is 0 Å². The van der Waals surface area contributed by atoms with Gasteiger partial charge in [0.25, 0.3) is 0 Å². The topological polar surface area (TPSA) is 46.6 Å². The van der Waals surface area contributed by atoms with Crippen molar-refractivity contribution in [1.29, 1.82) is 0 Å². The van der Waals surface area contributed by atoms with Crippen LogP contribution in [0, 0.1) is 5.41 Å². The summed E-state index contributed by atoms with van der Waals surface area (Å²) in [6, 6.07) is 4.47. The Balaban J connectivity index is 3.10. The minimum Gasteiger partial charge on any atom is -0.495 e. The summed E-state index contributed by atoms with van der Waals surface area (Å²) in [7, 11) is -0.471. The number of ether oxygens (including phenoxy) is 1. The number of nitrogens with zero attached hydrogens (tertiary/aromatic N) is 1. The molecule has 0 atom stereocenters.